The average molecular weight is 642 g/mol. The van der Waals surface area contributed by atoms with E-state index in [0.29, 0.717) is 19.3 Å². The van der Waals surface area contributed by atoms with E-state index in [2.05, 4.69) is 6.92 Å². The third-order valence-electron chi connectivity index (χ3n) is 8.46. The quantitative estimate of drug-likeness (QED) is 0.0411. The third kappa shape index (κ3) is 28.3. The number of carboxylic acids is 1. The standard InChI is InChI=1S/C37H71NO7/c1-6-8-9-10-11-12-13-14-15-16-17-18-19-20-21-22-23-24-25-26-28-36(40)45-33(32-44-35(39)27-7-2)31-43-30-29-34(37(41)42)38(3,4)5/h33-34H,6-32H2,1-5H3. The minimum atomic E-state index is -1.13. The largest absolute Gasteiger partial charge is 0.544 e. The first-order chi connectivity index (χ1) is 21.6. The Bertz CT molecular complexity index is 722. The van der Waals surface area contributed by atoms with Crippen molar-refractivity contribution in [2.24, 2.45) is 0 Å². The van der Waals surface area contributed by atoms with Gasteiger partial charge in [-0.3, -0.25) is 9.59 Å². The van der Waals surface area contributed by atoms with Gasteiger partial charge in [0, 0.05) is 19.3 Å². The maximum Gasteiger partial charge on any atom is 0.306 e. The maximum absolute atomic E-state index is 12.5. The molecule has 0 aliphatic rings. The number of carbonyl (C=O) groups is 3. The van der Waals surface area contributed by atoms with Crippen molar-refractivity contribution in [3.05, 3.63) is 0 Å². The number of carbonyl (C=O) groups excluding carboxylic acids is 3. The van der Waals surface area contributed by atoms with Crippen molar-refractivity contribution >= 4 is 17.9 Å². The van der Waals surface area contributed by atoms with Gasteiger partial charge < -0.3 is 28.6 Å². The van der Waals surface area contributed by atoms with Crippen LogP contribution in [0.4, 0.5) is 0 Å². The second-order valence-corrected chi connectivity index (χ2v) is 13.8. The van der Waals surface area contributed by atoms with Gasteiger partial charge in [-0.2, -0.15) is 0 Å². The molecule has 0 amide bonds. The summed E-state index contributed by atoms with van der Waals surface area (Å²) >= 11 is 0. The van der Waals surface area contributed by atoms with Crippen molar-refractivity contribution < 1.29 is 38.2 Å². The molecule has 2 atom stereocenters. The Hall–Kier alpha value is -1.67. The SMILES string of the molecule is CCCCCCCCCCCCCCCCCCCCCCC(=O)OC(COCCC(C(=O)[O-])[N+](C)(C)C)COC(=O)CCC. The van der Waals surface area contributed by atoms with E-state index in [0.717, 1.165) is 19.3 Å². The highest BCUT2D eigenvalue weighted by Crippen LogP contribution is 2.15. The molecule has 0 aliphatic heterocycles. The van der Waals surface area contributed by atoms with Crippen LogP contribution in [0.5, 0.6) is 0 Å². The van der Waals surface area contributed by atoms with Crippen molar-refractivity contribution in [3.63, 3.8) is 0 Å². The minimum Gasteiger partial charge on any atom is -0.544 e. The smallest absolute Gasteiger partial charge is 0.306 e. The number of likely N-dealkylation sites (N-methyl/N-ethyl adjacent to an activating group) is 1. The minimum absolute atomic E-state index is 0.0430. The van der Waals surface area contributed by atoms with E-state index in [9.17, 15) is 19.5 Å². The number of nitrogens with zero attached hydrogens (tertiary/aromatic N) is 1. The average Bonchev–Trinajstić information content (AvgIpc) is 2.97. The number of rotatable bonds is 33. The molecule has 2 unspecified atom stereocenters. The van der Waals surface area contributed by atoms with Crippen molar-refractivity contribution in [1.82, 2.24) is 0 Å². The van der Waals surface area contributed by atoms with Crippen molar-refractivity contribution in [2.75, 3.05) is 41.0 Å². The molecule has 0 saturated carbocycles. The van der Waals surface area contributed by atoms with Gasteiger partial charge in [0.1, 0.15) is 12.6 Å². The zero-order valence-electron chi connectivity index (χ0n) is 30.1. The van der Waals surface area contributed by atoms with E-state index in [1.54, 1.807) is 21.1 Å². The number of ether oxygens (including phenoxy) is 3. The lowest BCUT2D eigenvalue weighted by Gasteiger charge is -2.34. The first kappa shape index (κ1) is 43.3. The van der Waals surface area contributed by atoms with E-state index in [4.69, 9.17) is 14.2 Å². The Morgan fingerprint density at radius 3 is 1.42 bits per heavy atom. The summed E-state index contributed by atoms with van der Waals surface area (Å²) in [5, 5.41) is 11.5. The van der Waals surface area contributed by atoms with Crippen LogP contribution in [0.3, 0.4) is 0 Å². The fourth-order valence-electron chi connectivity index (χ4n) is 5.58. The topological polar surface area (TPSA) is 102 Å². The first-order valence-corrected chi connectivity index (χ1v) is 18.6. The molecule has 0 aromatic rings. The molecule has 45 heavy (non-hydrogen) atoms. The van der Waals surface area contributed by atoms with Gasteiger partial charge in [-0.05, 0) is 12.8 Å². The Morgan fingerprint density at radius 1 is 0.578 bits per heavy atom. The monoisotopic (exact) mass is 642 g/mol. The molecule has 0 aromatic heterocycles. The van der Waals surface area contributed by atoms with Gasteiger partial charge in [0.05, 0.1) is 40.3 Å². The van der Waals surface area contributed by atoms with Crippen molar-refractivity contribution in [1.29, 1.82) is 0 Å². The van der Waals surface area contributed by atoms with Gasteiger partial charge in [-0.1, -0.05) is 136 Å². The Balaban J connectivity index is 3.93. The summed E-state index contributed by atoms with van der Waals surface area (Å²) in [5.41, 5.74) is 0. The molecule has 0 radical (unpaired) electrons. The number of hydrogen-bond acceptors (Lipinski definition) is 7. The molecule has 0 aliphatic carbocycles. The normalized spacial score (nSPS) is 13.0. The highest BCUT2D eigenvalue weighted by atomic mass is 16.6. The molecule has 0 fully saturated rings. The molecule has 0 rings (SSSR count). The lowest BCUT2D eigenvalue weighted by atomic mass is 10.0. The second kappa shape index (κ2) is 29.7. The number of quaternary nitrogens is 1. The molecule has 8 heteroatoms. The molecular weight excluding hydrogens is 570 g/mol. The van der Waals surface area contributed by atoms with Crippen molar-refractivity contribution in [2.45, 2.75) is 180 Å². The molecule has 8 nitrogen and oxygen atoms in total. The molecular formula is C37H71NO7. The number of hydrogen-bond donors (Lipinski definition) is 0. The molecule has 0 bridgehead atoms. The van der Waals surface area contributed by atoms with Crippen LogP contribution in [0.15, 0.2) is 0 Å². The number of carboxylic acid groups (broad SMARTS) is 1. The van der Waals surface area contributed by atoms with Crippen LogP contribution in [0.2, 0.25) is 0 Å². The molecule has 266 valence electrons. The maximum atomic E-state index is 12.5. The molecule has 0 heterocycles. The molecule has 0 spiro atoms. The highest BCUT2D eigenvalue weighted by molar-refractivity contribution is 5.70. The van der Waals surface area contributed by atoms with E-state index in [1.807, 2.05) is 6.92 Å². The van der Waals surface area contributed by atoms with Gasteiger partial charge in [0.25, 0.3) is 0 Å². The number of esters is 2. The fourth-order valence-corrected chi connectivity index (χ4v) is 5.58. The van der Waals surface area contributed by atoms with E-state index in [1.165, 1.54) is 109 Å². The van der Waals surface area contributed by atoms with Crippen LogP contribution in [0, 0.1) is 0 Å². The Kier molecular flexibility index (Phi) is 28.6. The molecule has 0 aromatic carbocycles. The summed E-state index contributed by atoms with van der Waals surface area (Å²) in [6.07, 6.45) is 27.1. The van der Waals surface area contributed by atoms with Gasteiger partial charge in [-0.25, -0.2) is 0 Å². The van der Waals surface area contributed by atoms with Crippen LogP contribution in [0.1, 0.15) is 168 Å². The molecule has 0 N–H and O–H groups in total. The van der Waals surface area contributed by atoms with E-state index < -0.39 is 18.1 Å². The van der Waals surface area contributed by atoms with Crippen LogP contribution >= 0.6 is 0 Å². The predicted molar refractivity (Wildman–Crippen MR) is 181 cm³/mol. The van der Waals surface area contributed by atoms with E-state index in [-0.39, 0.29) is 42.7 Å². The lowest BCUT2D eigenvalue weighted by Crippen LogP contribution is -2.55. The molecule has 0 saturated heterocycles. The number of unbranched alkanes of at least 4 members (excludes halogenated alkanes) is 19. The van der Waals surface area contributed by atoms with Gasteiger partial charge in [0.2, 0.25) is 0 Å². The summed E-state index contributed by atoms with van der Waals surface area (Å²) < 4.78 is 16.7. The first-order valence-electron chi connectivity index (χ1n) is 18.6. The summed E-state index contributed by atoms with van der Waals surface area (Å²) in [6.45, 7) is 4.32. The Morgan fingerprint density at radius 2 is 1.02 bits per heavy atom. The fraction of sp³-hybridized carbons (Fsp3) is 0.919. The summed E-state index contributed by atoms with van der Waals surface area (Å²) in [7, 11) is 5.37. The zero-order chi connectivity index (χ0) is 33.6. The Labute approximate surface area is 276 Å². The van der Waals surface area contributed by atoms with Gasteiger partial charge in [-0.15, -0.1) is 0 Å². The van der Waals surface area contributed by atoms with Crippen LogP contribution in [-0.4, -0.2) is 75.5 Å². The zero-order valence-corrected chi connectivity index (χ0v) is 30.1. The van der Waals surface area contributed by atoms with Gasteiger partial charge in [0.15, 0.2) is 6.10 Å². The van der Waals surface area contributed by atoms with Crippen molar-refractivity contribution in [3.8, 4) is 0 Å². The van der Waals surface area contributed by atoms with Gasteiger partial charge >= 0.3 is 11.9 Å². The predicted octanol–water partition coefficient (Wildman–Crippen LogP) is 7.68. The highest BCUT2D eigenvalue weighted by Gasteiger charge is 2.25. The summed E-state index contributed by atoms with van der Waals surface area (Å²) in [4.78, 5) is 35.8. The van der Waals surface area contributed by atoms with Crippen LogP contribution in [-0.2, 0) is 28.6 Å². The van der Waals surface area contributed by atoms with Crippen LogP contribution in [0.25, 0.3) is 0 Å². The lowest BCUT2D eigenvalue weighted by molar-refractivity contribution is -0.889. The summed E-state index contributed by atoms with van der Waals surface area (Å²) in [6, 6.07) is -0.715. The number of aliphatic carboxylic acids is 1. The van der Waals surface area contributed by atoms with Crippen LogP contribution < -0.4 is 5.11 Å². The third-order valence-corrected chi connectivity index (χ3v) is 8.46. The van der Waals surface area contributed by atoms with E-state index >= 15 is 0 Å². The second-order valence-electron chi connectivity index (χ2n) is 13.8. The summed E-state index contributed by atoms with van der Waals surface area (Å²) in [5.74, 6) is -1.79.